The maximum atomic E-state index is 4.17. The SMILES string of the molecule is CC(Nc1cccc2cnccc12)c1ccc(Br)cc1Br. The number of nitrogens with one attached hydrogen (secondary N) is 1. The van der Waals surface area contributed by atoms with Crippen LogP contribution in [0.5, 0.6) is 0 Å². The van der Waals surface area contributed by atoms with Crippen LogP contribution < -0.4 is 5.32 Å². The van der Waals surface area contributed by atoms with E-state index in [0.717, 1.165) is 20.0 Å². The number of rotatable bonds is 3. The Balaban J connectivity index is 1.94. The van der Waals surface area contributed by atoms with Crippen LogP contribution in [-0.4, -0.2) is 4.98 Å². The van der Waals surface area contributed by atoms with Gasteiger partial charge >= 0.3 is 0 Å². The van der Waals surface area contributed by atoms with Crippen LogP contribution in [0.4, 0.5) is 5.69 Å². The van der Waals surface area contributed by atoms with E-state index in [9.17, 15) is 0 Å². The number of pyridine rings is 1. The van der Waals surface area contributed by atoms with Crippen LogP contribution in [0.3, 0.4) is 0 Å². The van der Waals surface area contributed by atoms with Crippen LogP contribution in [0, 0.1) is 0 Å². The van der Waals surface area contributed by atoms with Gasteiger partial charge < -0.3 is 5.32 Å². The van der Waals surface area contributed by atoms with E-state index in [2.05, 4.69) is 85.5 Å². The minimum atomic E-state index is 0.200. The van der Waals surface area contributed by atoms with E-state index >= 15 is 0 Å². The number of hydrogen-bond acceptors (Lipinski definition) is 2. The van der Waals surface area contributed by atoms with Gasteiger partial charge in [-0.1, -0.05) is 50.1 Å². The molecule has 3 aromatic rings. The summed E-state index contributed by atoms with van der Waals surface area (Å²) in [5.74, 6) is 0. The second kappa shape index (κ2) is 6.16. The summed E-state index contributed by atoms with van der Waals surface area (Å²) in [5.41, 5.74) is 2.35. The minimum Gasteiger partial charge on any atom is -0.378 e. The Bertz CT molecular complexity index is 781. The van der Waals surface area contributed by atoms with Gasteiger partial charge in [0.1, 0.15) is 0 Å². The molecule has 0 saturated heterocycles. The molecule has 1 aromatic heterocycles. The number of anilines is 1. The fourth-order valence-electron chi connectivity index (χ4n) is 2.41. The lowest BCUT2D eigenvalue weighted by molar-refractivity contribution is 0.880. The molecule has 1 heterocycles. The quantitative estimate of drug-likeness (QED) is 0.583. The molecule has 1 N–H and O–H groups in total. The molecule has 21 heavy (non-hydrogen) atoms. The smallest absolute Gasteiger partial charge is 0.0497 e. The third-order valence-electron chi connectivity index (χ3n) is 3.48. The van der Waals surface area contributed by atoms with Gasteiger partial charge in [-0.05, 0) is 36.8 Å². The highest BCUT2D eigenvalue weighted by molar-refractivity contribution is 9.11. The molecule has 2 nitrogen and oxygen atoms in total. The second-order valence-electron chi connectivity index (χ2n) is 4.93. The van der Waals surface area contributed by atoms with Crippen molar-refractivity contribution in [2.45, 2.75) is 13.0 Å². The first-order valence-electron chi connectivity index (χ1n) is 6.69. The number of fused-ring (bicyclic) bond motifs is 1. The normalized spacial score (nSPS) is 12.3. The van der Waals surface area contributed by atoms with Crippen LogP contribution >= 0.6 is 31.9 Å². The van der Waals surface area contributed by atoms with Crippen molar-refractivity contribution in [1.29, 1.82) is 0 Å². The summed E-state index contributed by atoms with van der Waals surface area (Å²) < 4.78 is 2.17. The van der Waals surface area contributed by atoms with Crippen molar-refractivity contribution in [1.82, 2.24) is 4.98 Å². The molecule has 0 bridgehead atoms. The third-order valence-corrected chi connectivity index (χ3v) is 4.66. The van der Waals surface area contributed by atoms with E-state index in [0.29, 0.717) is 0 Å². The van der Waals surface area contributed by atoms with Crippen molar-refractivity contribution in [3.05, 3.63) is 69.4 Å². The zero-order valence-electron chi connectivity index (χ0n) is 11.5. The summed E-state index contributed by atoms with van der Waals surface area (Å²) in [5, 5.41) is 5.92. The van der Waals surface area contributed by atoms with Gasteiger partial charge in [-0.3, -0.25) is 4.98 Å². The van der Waals surface area contributed by atoms with E-state index in [1.165, 1.54) is 10.9 Å². The van der Waals surface area contributed by atoms with Gasteiger partial charge in [-0.2, -0.15) is 0 Å². The highest BCUT2D eigenvalue weighted by Gasteiger charge is 2.11. The Kier molecular flexibility index (Phi) is 4.27. The van der Waals surface area contributed by atoms with Gasteiger partial charge in [0.15, 0.2) is 0 Å². The topological polar surface area (TPSA) is 24.9 Å². The largest absolute Gasteiger partial charge is 0.378 e. The minimum absolute atomic E-state index is 0.200. The van der Waals surface area contributed by atoms with E-state index in [4.69, 9.17) is 0 Å². The summed E-state index contributed by atoms with van der Waals surface area (Å²) in [4.78, 5) is 4.17. The molecule has 1 atom stereocenters. The molecular formula is C17H14Br2N2. The number of benzene rings is 2. The monoisotopic (exact) mass is 404 g/mol. The van der Waals surface area contributed by atoms with Crippen molar-refractivity contribution in [3.63, 3.8) is 0 Å². The average Bonchev–Trinajstić information content (AvgIpc) is 2.47. The van der Waals surface area contributed by atoms with Crippen molar-refractivity contribution in [2.75, 3.05) is 5.32 Å². The predicted octanol–water partition coefficient (Wildman–Crippen LogP) is 5.93. The van der Waals surface area contributed by atoms with Crippen molar-refractivity contribution in [3.8, 4) is 0 Å². The maximum absolute atomic E-state index is 4.17. The summed E-state index contributed by atoms with van der Waals surface area (Å²) >= 11 is 7.12. The predicted molar refractivity (Wildman–Crippen MR) is 95.6 cm³/mol. The summed E-state index contributed by atoms with van der Waals surface area (Å²) in [6.45, 7) is 2.16. The Morgan fingerprint density at radius 1 is 1.10 bits per heavy atom. The lowest BCUT2D eigenvalue weighted by atomic mass is 10.1. The molecule has 0 spiro atoms. The first-order valence-corrected chi connectivity index (χ1v) is 8.28. The maximum Gasteiger partial charge on any atom is 0.0497 e. The molecular weight excluding hydrogens is 392 g/mol. The standard InChI is InChI=1S/C17H14Br2N2/c1-11(14-6-5-13(18)9-16(14)19)21-17-4-2-3-12-10-20-8-7-15(12)17/h2-11,21H,1H3. The summed E-state index contributed by atoms with van der Waals surface area (Å²) in [6, 6.07) is 14.7. The molecule has 3 rings (SSSR count). The fraction of sp³-hybridized carbons (Fsp3) is 0.118. The number of aromatic nitrogens is 1. The highest BCUT2D eigenvalue weighted by Crippen LogP contribution is 2.31. The molecule has 0 radical (unpaired) electrons. The lowest BCUT2D eigenvalue weighted by Gasteiger charge is -2.18. The molecule has 106 valence electrons. The molecule has 0 aliphatic heterocycles. The molecule has 0 aliphatic carbocycles. The van der Waals surface area contributed by atoms with Crippen LogP contribution in [0.1, 0.15) is 18.5 Å². The second-order valence-corrected chi connectivity index (χ2v) is 6.70. The van der Waals surface area contributed by atoms with Gasteiger partial charge in [0.2, 0.25) is 0 Å². The number of nitrogens with zero attached hydrogens (tertiary/aromatic N) is 1. The number of hydrogen-bond donors (Lipinski definition) is 1. The Labute approximate surface area is 140 Å². The van der Waals surface area contributed by atoms with Gasteiger partial charge in [-0.15, -0.1) is 0 Å². The Hall–Kier alpha value is -1.39. The number of halogens is 2. The molecule has 0 fully saturated rings. The van der Waals surface area contributed by atoms with Crippen molar-refractivity contribution in [2.24, 2.45) is 0 Å². The van der Waals surface area contributed by atoms with E-state index in [1.54, 1.807) is 0 Å². The van der Waals surface area contributed by atoms with Gasteiger partial charge in [0.25, 0.3) is 0 Å². The van der Waals surface area contributed by atoms with Crippen LogP contribution in [0.15, 0.2) is 63.8 Å². The molecule has 1 unspecified atom stereocenters. The zero-order chi connectivity index (χ0) is 14.8. The van der Waals surface area contributed by atoms with Crippen molar-refractivity contribution >= 4 is 48.3 Å². The Morgan fingerprint density at radius 3 is 2.76 bits per heavy atom. The molecule has 0 amide bonds. The lowest BCUT2D eigenvalue weighted by Crippen LogP contribution is -2.07. The summed E-state index contributed by atoms with van der Waals surface area (Å²) in [6.07, 6.45) is 3.72. The van der Waals surface area contributed by atoms with Crippen LogP contribution in [0.2, 0.25) is 0 Å². The van der Waals surface area contributed by atoms with E-state index < -0.39 is 0 Å². The highest BCUT2D eigenvalue weighted by atomic mass is 79.9. The van der Waals surface area contributed by atoms with Gasteiger partial charge in [0.05, 0.1) is 0 Å². The zero-order valence-corrected chi connectivity index (χ0v) is 14.6. The molecule has 4 heteroatoms. The molecule has 0 aliphatic rings. The Morgan fingerprint density at radius 2 is 1.95 bits per heavy atom. The summed E-state index contributed by atoms with van der Waals surface area (Å²) in [7, 11) is 0. The first kappa shape index (κ1) is 14.5. The molecule has 0 saturated carbocycles. The van der Waals surface area contributed by atoms with Crippen molar-refractivity contribution < 1.29 is 0 Å². The average molecular weight is 406 g/mol. The van der Waals surface area contributed by atoms with Gasteiger partial charge in [-0.25, -0.2) is 0 Å². The van der Waals surface area contributed by atoms with E-state index in [1.807, 2.05) is 18.5 Å². The third kappa shape index (κ3) is 3.11. The van der Waals surface area contributed by atoms with Crippen LogP contribution in [-0.2, 0) is 0 Å². The fourth-order valence-corrected chi connectivity index (χ4v) is 3.80. The van der Waals surface area contributed by atoms with Crippen LogP contribution in [0.25, 0.3) is 10.8 Å². The molecule has 2 aromatic carbocycles. The first-order chi connectivity index (χ1) is 10.1. The van der Waals surface area contributed by atoms with Gasteiger partial charge in [0, 0.05) is 43.8 Å². The van der Waals surface area contributed by atoms with E-state index in [-0.39, 0.29) is 6.04 Å².